The lowest BCUT2D eigenvalue weighted by Gasteiger charge is -2.09. The first-order valence-electron chi connectivity index (χ1n) is 6.95. The van der Waals surface area contributed by atoms with Gasteiger partial charge < -0.3 is 9.47 Å². The summed E-state index contributed by atoms with van der Waals surface area (Å²) in [7, 11) is 3.33. The number of rotatable bonds is 5. The van der Waals surface area contributed by atoms with Gasteiger partial charge in [-0.2, -0.15) is 5.06 Å². The lowest BCUT2D eigenvalue weighted by atomic mass is 10.1. The normalized spacial score (nSPS) is 23.6. The largest absolute Gasteiger partial charge is 0.493 e. The minimum atomic E-state index is 0.108. The van der Waals surface area contributed by atoms with Gasteiger partial charge in [0, 0.05) is 6.54 Å². The monoisotopic (exact) mass is 263 g/mol. The Kier molecular flexibility index (Phi) is 3.37. The van der Waals surface area contributed by atoms with E-state index in [1.807, 2.05) is 12.1 Å². The zero-order valence-corrected chi connectivity index (χ0v) is 11.6. The molecule has 19 heavy (non-hydrogen) atoms. The van der Waals surface area contributed by atoms with Gasteiger partial charge in [-0.15, -0.1) is 0 Å². The van der Waals surface area contributed by atoms with Crippen LogP contribution in [0.2, 0.25) is 0 Å². The van der Waals surface area contributed by atoms with Gasteiger partial charge in [0.05, 0.1) is 14.2 Å². The molecule has 1 aromatic rings. The molecule has 2 fully saturated rings. The second kappa shape index (κ2) is 5.02. The number of hydrogen-bond acceptors (Lipinski definition) is 4. The van der Waals surface area contributed by atoms with Crippen molar-refractivity contribution < 1.29 is 14.3 Å². The summed E-state index contributed by atoms with van der Waals surface area (Å²) in [4.78, 5) is 5.77. The van der Waals surface area contributed by atoms with E-state index in [2.05, 4.69) is 11.1 Å². The van der Waals surface area contributed by atoms with Crippen molar-refractivity contribution in [2.45, 2.75) is 37.8 Å². The van der Waals surface area contributed by atoms with E-state index >= 15 is 0 Å². The number of ether oxygens (including phenoxy) is 2. The third-order valence-corrected chi connectivity index (χ3v) is 4.14. The Morgan fingerprint density at radius 2 is 1.89 bits per heavy atom. The van der Waals surface area contributed by atoms with Gasteiger partial charge in [0.1, 0.15) is 0 Å². The van der Waals surface area contributed by atoms with Crippen molar-refractivity contribution in [1.82, 2.24) is 5.06 Å². The Hall–Kier alpha value is -1.26. The minimum Gasteiger partial charge on any atom is -0.493 e. The summed E-state index contributed by atoms with van der Waals surface area (Å²) in [6.45, 7) is 0.954. The molecule has 1 unspecified atom stereocenters. The van der Waals surface area contributed by atoms with Crippen LogP contribution in [0.4, 0.5) is 0 Å². The van der Waals surface area contributed by atoms with E-state index in [1.165, 1.54) is 31.2 Å². The first-order chi connectivity index (χ1) is 9.27. The second-order valence-corrected chi connectivity index (χ2v) is 5.29. The van der Waals surface area contributed by atoms with Gasteiger partial charge in [-0.25, -0.2) is 0 Å². The average molecular weight is 263 g/mol. The number of nitrogens with zero attached hydrogens (tertiary/aromatic N) is 1. The molecule has 4 heteroatoms. The molecule has 0 bridgehead atoms. The highest BCUT2D eigenvalue weighted by molar-refractivity contribution is 5.42. The molecule has 1 atom stereocenters. The number of hydrogen-bond donors (Lipinski definition) is 0. The Bertz CT molecular complexity index is 455. The smallest absolute Gasteiger partial charge is 0.165 e. The molecule has 1 saturated carbocycles. The van der Waals surface area contributed by atoms with E-state index in [0.29, 0.717) is 0 Å². The van der Waals surface area contributed by atoms with Crippen LogP contribution in [-0.4, -0.2) is 31.6 Å². The van der Waals surface area contributed by atoms with Gasteiger partial charge in [-0.05, 0) is 49.8 Å². The van der Waals surface area contributed by atoms with Crippen molar-refractivity contribution in [3.63, 3.8) is 0 Å². The van der Waals surface area contributed by atoms with Gasteiger partial charge in [-0.1, -0.05) is 6.07 Å². The highest BCUT2D eigenvalue weighted by Gasteiger charge is 2.55. The van der Waals surface area contributed by atoms with Crippen LogP contribution in [0, 0.1) is 0 Å². The Labute approximate surface area is 114 Å². The number of methoxy groups -OCH3 is 2. The Balaban J connectivity index is 1.58. The van der Waals surface area contributed by atoms with Gasteiger partial charge in [0.25, 0.3) is 0 Å². The lowest BCUT2D eigenvalue weighted by molar-refractivity contribution is 0.194. The molecule has 1 aliphatic heterocycles. The molecule has 0 radical (unpaired) electrons. The van der Waals surface area contributed by atoms with Crippen LogP contribution in [0.15, 0.2) is 18.2 Å². The fourth-order valence-corrected chi connectivity index (χ4v) is 2.97. The molecular formula is C15H21NO3. The molecule has 2 aliphatic rings. The molecular weight excluding hydrogens is 242 g/mol. The van der Waals surface area contributed by atoms with Gasteiger partial charge >= 0.3 is 0 Å². The molecule has 0 N–H and O–H groups in total. The van der Waals surface area contributed by atoms with Crippen LogP contribution in [0.5, 0.6) is 11.5 Å². The highest BCUT2D eigenvalue weighted by atomic mass is 16.9. The van der Waals surface area contributed by atoms with Crippen LogP contribution in [0.25, 0.3) is 0 Å². The molecule has 0 aromatic heterocycles. The standard InChI is InChI=1S/C15H21NO3/c1-17-13-6-5-12(11-14(13)18-2)7-10-16-15(19-16)8-3-4-9-15/h5-6,11H,3-4,7-10H2,1-2H3. The summed E-state index contributed by atoms with van der Waals surface area (Å²) in [5.41, 5.74) is 1.36. The molecule has 1 heterocycles. The maximum Gasteiger partial charge on any atom is 0.165 e. The predicted octanol–water partition coefficient (Wildman–Crippen LogP) is 2.76. The highest BCUT2D eigenvalue weighted by Crippen LogP contribution is 2.48. The molecule has 104 valence electrons. The van der Waals surface area contributed by atoms with Crippen LogP contribution < -0.4 is 9.47 Å². The molecule has 1 aliphatic carbocycles. The van der Waals surface area contributed by atoms with Crippen LogP contribution in [-0.2, 0) is 11.3 Å². The van der Waals surface area contributed by atoms with Gasteiger partial charge in [0.15, 0.2) is 17.2 Å². The lowest BCUT2D eigenvalue weighted by Crippen LogP contribution is -2.16. The van der Waals surface area contributed by atoms with Crippen LogP contribution in [0.3, 0.4) is 0 Å². The summed E-state index contributed by atoms with van der Waals surface area (Å²) in [6.07, 6.45) is 5.96. The van der Waals surface area contributed by atoms with Crippen molar-refractivity contribution >= 4 is 0 Å². The van der Waals surface area contributed by atoms with E-state index < -0.39 is 0 Å². The Morgan fingerprint density at radius 1 is 1.16 bits per heavy atom. The van der Waals surface area contributed by atoms with E-state index in [9.17, 15) is 0 Å². The summed E-state index contributed by atoms with van der Waals surface area (Å²) < 4.78 is 10.6. The zero-order valence-electron chi connectivity index (χ0n) is 11.6. The minimum absolute atomic E-state index is 0.108. The zero-order chi connectivity index (χ0) is 13.3. The number of benzene rings is 1. The summed E-state index contributed by atoms with van der Waals surface area (Å²) in [5.74, 6) is 1.57. The summed E-state index contributed by atoms with van der Waals surface area (Å²) in [6, 6.07) is 6.10. The van der Waals surface area contributed by atoms with E-state index in [4.69, 9.17) is 14.3 Å². The van der Waals surface area contributed by atoms with Crippen molar-refractivity contribution in [2.24, 2.45) is 0 Å². The summed E-state index contributed by atoms with van der Waals surface area (Å²) >= 11 is 0. The van der Waals surface area contributed by atoms with Gasteiger partial charge in [0.2, 0.25) is 0 Å². The maximum atomic E-state index is 5.77. The van der Waals surface area contributed by atoms with Crippen LogP contribution in [0.1, 0.15) is 31.2 Å². The molecule has 3 rings (SSSR count). The molecule has 1 aromatic carbocycles. The molecule has 1 saturated heterocycles. The average Bonchev–Trinajstić information content (AvgIpc) is 2.89. The fraction of sp³-hybridized carbons (Fsp3) is 0.600. The predicted molar refractivity (Wildman–Crippen MR) is 72.2 cm³/mol. The number of hydroxylamine groups is 2. The van der Waals surface area contributed by atoms with Gasteiger partial charge in [-0.3, -0.25) is 4.84 Å². The van der Waals surface area contributed by atoms with E-state index in [0.717, 1.165) is 24.5 Å². The van der Waals surface area contributed by atoms with Crippen LogP contribution >= 0.6 is 0 Å². The fourth-order valence-electron chi connectivity index (χ4n) is 2.97. The van der Waals surface area contributed by atoms with Crippen molar-refractivity contribution in [3.05, 3.63) is 23.8 Å². The first kappa shape index (κ1) is 12.8. The third-order valence-electron chi connectivity index (χ3n) is 4.14. The van der Waals surface area contributed by atoms with Crippen molar-refractivity contribution in [3.8, 4) is 11.5 Å². The van der Waals surface area contributed by atoms with E-state index in [1.54, 1.807) is 14.2 Å². The molecule has 0 amide bonds. The maximum absolute atomic E-state index is 5.77. The topological polar surface area (TPSA) is 34.0 Å². The van der Waals surface area contributed by atoms with Crippen molar-refractivity contribution in [1.29, 1.82) is 0 Å². The first-order valence-corrected chi connectivity index (χ1v) is 6.95. The van der Waals surface area contributed by atoms with Crippen molar-refractivity contribution in [2.75, 3.05) is 20.8 Å². The third kappa shape index (κ3) is 2.42. The molecule has 1 spiro atoms. The van der Waals surface area contributed by atoms with E-state index in [-0.39, 0.29) is 5.72 Å². The quantitative estimate of drug-likeness (QED) is 0.765. The Morgan fingerprint density at radius 3 is 2.58 bits per heavy atom. The second-order valence-electron chi connectivity index (χ2n) is 5.29. The SMILES string of the molecule is COc1ccc(CCN2OC23CCCC3)cc1OC. The molecule has 4 nitrogen and oxygen atoms in total. The summed E-state index contributed by atoms with van der Waals surface area (Å²) in [5, 5.41) is 2.15.